The second kappa shape index (κ2) is 9.89. The Morgan fingerprint density at radius 1 is 0.938 bits per heavy atom. The van der Waals surface area contributed by atoms with E-state index in [0.717, 1.165) is 10.4 Å². The minimum Gasteiger partial charge on any atom is -0.349 e. The normalized spacial score (nSPS) is 11.7. The summed E-state index contributed by atoms with van der Waals surface area (Å²) in [6.45, 7) is 2.33. The molecule has 0 aliphatic rings. The average Bonchev–Trinajstić information content (AvgIpc) is 3.51. The summed E-state index contributed by atoms with van der Waals surface area (Å²) in [4.78, 5) is 30.0. The Morgan fingerprint density at radius 3 is 2.25 bits per heavy atom. The van der Waals surface area contributed by atoms with Gasteiger partial charge in [-0.05, 0) is 59.6 Å². The molecule has 1 N–H and O–H groups in total. The summed E-state index contributed by atoms with van der Waals surface area (Å²) in [5.74, 6) is -1.04. The zero-order valence-corrected chi connectivity index (χ0v) is 19.0. The summed E-state index contributed by atoms with van der Waals surface area (Å²) in [6.07, 6.45) is 0. The highest BCUT2D eigenvalue weighted by Crippen LogP contribution is 2.31. The number of carbonyl (C=O) groups is 2. The molecule has 7 heteroatoms. The van der Waals surface area contributed by atoms with Crippen molar-refractivity contribution in [2.45, 2.75) is 19.5 Å². The van der Waals surface area contributed by atoms with Gasteiger partial charge in [0.15, 0.2) is 0 Å². The molecule has 0 aliphatic carbocycles. The van der Waals surface area contributed by atoms with Crippen LogP contribution in [-0.2, 0) is 11.3 Å². The Morgan fingerprint density at radius 2 is 1.62 bits per heavy atom. The summed E-state index contributed by atoms with van der Waals surface area (Å²) < 4.78 is 13.6. The number of nitrogens with one attached hydrogen (secondary N) is 1. The lowest BCUT2D eigenvalue weighted by atomic mass is 10.0. The first kappa shape index (κ1) is 21.9. The minimum absolute atomic E-state index is 0.309. The maximum Gasteiger partial charge on any atom is 0.269 e. The van der Waals surface area contributed by atoms with E-state index in [1.807, 2.05) is 54.1 Å². The van der Waals surface area contributed by atoms with Crippen LogP contribution in [0.3, 0.4) is 0 Å². The van der Waals surface area contributed by atoms with Crippen molar-refractivity contribution in [2.75, 3.05) is 4.90 Å². The van der Waals surface area contributed by atoms with Crippen molar-refractivity contribution >= 4 is 40.2 Å². The zero-order valence-electron chi connectivity index (χ0n) is 17.3. The van der Waals surface area contributed by atoms with Crippen LogP contribution in [-0.4, -0.2) is 11.8 Å². The van der Waals surface area contributed by atoms with Gasteiger partial charge >= 0.3 is 0 Å². The van der Waals surface area contributed by atoms with E-state index in [9.17, 15) is 14.0 Å². The molecular formula is C25H21FN2O2S2. The SMILES string of the molecule is Cc1ccc(C(C(=O)NCc2cccs2)N(C(=O)c2cccs2)c2ccc(F)cc2)cc1. The molecule has 2 amide bonds. The lowest BCUT2D eigenvalue weighted by molar-refractivity contribution is -0.122. The first-order chi connectivity index (χ1) is 15.5. The third-order valence-electron chi connectivity index (χ3n) is 4.97. The van der Waals surface area contributed by atoms with Gasteiger partial charge in [0.25, 0.3) is 5.91 Å². The Labute approximate surface area is 194 Å². The number of halogens is 1. The van der Waals surface area contributed by atoms with Crippen molar-refractivity contribution in [1.82, 2.24) is 5.32 Å². The topological polar surface area (TPSA) is 49.4 Å². The molecule has 0 fully saturated rings. The molecule has 1 atom stereocenters. The second-order valence-electron chi connectivity index (χ2n) is 7.24. The molecule has 162 valence electrons. The standard InChI is InChI=1S/C25H21FN2O2S2/c1-17-6-8-18(9-7-17)23(24(29)27-16-21-4-2-14-31-21)28(20-12-10-19(26)11-13-20)25(30)22-5-3-15-32-22/h2-15,23H,16H2,1H3,(H,27,29). The average molecular weight is 465 g/mol. The first-order valence-electron chi connectivity index (χ1n) is 10.0. The van der Waals surface area contributed by atoms with Crippen LogP contribution in [0.25, 0.3) is 0 Å². The lowest BCUT2D eigenvalue weighted by Gasteiger charge is -2.31. The summed E-state index contributed by atoms with van der Waals surface area (Å²) in [6, 6.07) is 19.6. The molecule has 2 aromatic carbocycles. The summed E-state index contributed by atoms with van der Waals surface area (Å²) in [5, 5.41) is 6.73. The van der Waals surface area contributed by atoms with E-state index in [-0.39, 0.29) is 11.8 Å². The Balaban J connectivity index is 1.77. The molecular weight excluding hydrogens is 443 g/mol. The van der Waals surface area contributed by atoms with Gasteiger partial charge in [0.05, 0.1) is 11.4 Å². The second-order valence-corrected chi connectivity index (χ2v) is 9.22. The van der Waals surface area contributed by atoms with E-state index in [4.69, 9.17) is 0 Å². The first-order valence-corrected chi connectivity index (χ1v) is 11.8. The number of aryl methyl sites for hydroxylation is 1. The fourth-order valence-corrected chi connectivity index (χ4v) is 4.66. The highest BCUT2D eigenvalue weighted by atomic mass is 32.1. The number of hydrogen-bond acceptors (Lipinski definition) is 4. The maximum absolute atomic E-state index is 13.6. The summed E-state index contributed by atoms with van der Waals surface area (Å²) >= 11 is 2.85. The highest BCUT2D eigenvalue weighted by Gasteiger charge is 2.33. The van der Waals surface area contributed by atoms with Crippen molar-refractivity contribution in [3.63, 3.8) is 0 Å². The molecule has 2 heterocycles. The molecule has 4 nitrogen and oxygen atoms in total. The number of hydrogen-bond donors (Lipinski definition) is 1. The Bertz CT molecular complexity index is 1170. The predicted octanol–water partition coefficient (Wildman–Crippen LogP) is 5.96. The molecule has 0 radical (unpaired) electrons. The van der Waals surface area contributed by atoms with Crippen LogP contribution < -0.4 is 10.2 Å². The smallest absolute Gasteiger partial charge is 0.269 e. The molecule has 0 spiro atoms. The van der Waals surface area contributed by atoms with E-state index in [2.05, 4.69) is 5.32 Å². The molecule has 2 aromatic heterocycles. The Hall–Kier alpha value is -3.29. The fourth-order valence-electron chi connectivity index (χ4n) is 3.35. The van der Waals surface area contributed by atoms with Gasteiger partial charge in [0.1, 0.15) is 11.9 Å². The molecule has 0 aliphatic heterocycles. The van der Waals surface area contributed by atoms with Crippen molar-refractivity contribution in [2.24, 2.45) is 0 Å². The molecule has 0 bridgehead atoms. The van der Waals surface area contributed by atoms with Crippen LogP contribution in [0.4, 0.5) is 10.1 Å². The number of nitrogens with zero attached hydrogens (tertiary/aromatic N) is 1. The number of benzene rings is 2. The molecule has 4 rings (SSSR count). The third kappa shape index (κ3) is 4.95. The van der Waals surface area contributed by atoms with Crippen molar-refractivity contribution in [3.8, 4) is 0 Å². The van der Waals surface area contributed by atoms with Crippen molar-refractivity contribution in [1.29, 1.82) is 0 Å². The van der Waals surface area contributed by atoms with Gasteiger partial charge in [-0.3, -0.25) is 14.5 Å². The van der Waals surface area contributed by atoms with Gasteiger partial charge in [-0.25, -0.2) is 4.39 Å². The van der Waals surface area contributed by atoms with E-state index >= 15 is 0 Å². The van der Waals surface area contributed by atoms with E-state index in [0.29, 0.717) is 22.7 Å². The predicted molar refractivity (Wildman–Crippen MR) is 128 cm³/mol. The van der Waals surface area contributed by atoms with Crippen LogP contribution in [0.1, 0.15) is 31.7 Å². The Kier molecular flexibility index (Phi) is 6.78. The number of amides is 2. The van der Waals surface area contributed by atoms with Crippen LogP contribution >= 0.6 is 22.7 Å². The molecule has 0 saturated carbocycles. The van der Waals surface area contributed by atoms with Crippen LogP contribution in [0.2, 0.25) is 0 Å². The lowest BCUT2D eigenvalue weighted by Crippen LogP contribution is -2.43. The van der Waals surface area contributed by atoms with Gasteiger partial charge in [-0.15, -0.1) is 22.7 Å². The molecule has 4 aromatic rings. The fraction of sp³-hybridized carbons (Fsp3) is 0.120. The number of carbonyl (C=O) groups excluding carboxylic acids is 2. The zero-order chi connectivity index (χ0) is 22.5. The maximum atomic E-state index is 13.6. The largest absolute Gasteiger partial charge is 0.349 e. The van der Waals surface area contributed by atoms with Gasteiger partial charge in [-0.1, -0.05) is 42.0 Å². The quantitative estimate of drug-likeness (QED) is 0.367. The van der Waals surface area contributed by atoms with Gasteiger partial charge in [0, 0.05) is 10.6 Å². The molecule has 1 unspecified atom stereocenters. The van der Waals surface area contributed by atoms with Gasteiger partial charge in [-0.2, -0.15) is 0 Å². The monoisotopic (exact) mass is 464 g/mol. The van der Waals surface area contributed by atoms with Crippen molar-refractivity contribution < 1.29 is 14.0 Å². The summed E-state index contributed by atoms with van der Waals surface area (Å²) in [7, 11) is 0. The molecule has 32 heavy (non-hydrogen) atoms. The van der Waals surface area contributed by atoms with Crippen molar-refractivity contribution in [3.05, 3.63) is 110 Å². The van der Waals surface area contributed by atoms with E-state index in [1.54, 1.807) is 23.5 Å². The van der Waals surface area contributed by atoms with Crippen LogP contribution in [0.5, 0.6) is 0 Å². The molecule has 0 saturated heterocycles. The van der Waals surface area contributed by atoms with E-state index < -0.39 is 11.9 Å². The summed E-state index contributed by atoms with van der Waals surface area (Å²) in [5.41, 5.74) is 2.17. The number of rotatable bonds is 7. The third-order valence-corrected chi connectivity index (χ3v) is 6.71. The minimum atomic E-state index is -0.921. The van der Waals surface area contributed by atoms with Crippen LogP contribution in [0, 0.1) is 12.7 Å². The van der Waals surface area contributed by atoms with Crippen LogP contribution in [0.15, 0.2) is 83.6 Å². The highest BCUT2D eigenvalue weighted by molar-refractivity contribution is 7.12. The number of anilines is 1. The number of thiophene rings is 2. The van der Waals surface area contributed by atoms with E-state index in [1.165, 1.54) is 40.5 Å². The van der Waals surface area contributed by atoms with Gasteiger partial charge in [0.2, 0.25) is 5.91 Å². The van der Waals surface area contributed by atoms with Gasteiger partial charge < -0.3 is 5.32 Å².